The van der Waals surface area contributed by atoms with E-state index in [0.717, 1.165) is 49.6 Å². The topological polar surface area (TPSA) is 38.3 Å². The molecule has 1 saturated carbocycles. The van der Waals surface area contributed by atoms with Gasteiger partial charge >= 0.3 is 0 Å². The van der Waals surface area contributed by atoms with Gasteiger partial charge in [-0.3, -0.25) is 4.79 Å². The molecule has 1 aliphatic rings. The van der Waals surface area contributed by atoms with Crippen molar-refractivity contribution in [1.29, 1.82) is 0 Å². The number of unbranched alkanes of at least 4 members (excludes halogenated alkanes) is 2. The molecule has 3 nitrogen and oxygen atoms in total. The van der Waals surface area contributed by atoms with Crippen molar-refractivity contribution in [3.05, 3.63) is 24.3 Å². The standard InChI is InChI=1S/C21H33NO2/c1-3-5-7-17-8-10-18(11-9-17)21(23)22-19-12-14-20(15-13-19)24-16-6-4-2/h12-15,17-18H,3-11,16H2,1-2H3,(H,22,23). The number of ether oxygens (including phenoxy) is 1. The van der Waals surface area contributed by atoms with Crippen LogP contribution in [-0.2, 0) is 4.79 Å². The third-order valence-corrected chi connectivity index (χ3v) is 5.07. The molecule has 1 N–H and O–H groups in total. The Kier molecular flexibility index (Phi) is 8.14. The van der Waals surface area contributed by atoms with Gasteiger partial charge in [0.15, 0.2) is 0 Å². The van der Waals surface area contributed by atoms with E-state index in [9.17, 15) is 4.79 Å². The summed E-state index contributed by atoms with van der Waals surface area (Å²) in [4.78, 5) is 12.4. The zero-order valence-corrected chi connectivity index (χ0v) is 15.4. The van der Waals surface area contributed by atoms with Crippen LogP contribution in [0.1, 0.15) is 71.6 Å². The maximum Gasteiger partial charge on any atom is 0.227 e. The van der Waals surface area contributed by atoms with E-state index >= 15 is 0 Å². The lowest BCUT2D eigenvalue weighted by Gasteiger charge is -2.27. The first-order chi connectivity index (χ1) is 11.7. The maximum atomic E-state index is 12.4. The minimum Gasteiger partial charge on any atom is -0.494 e. The van der Waals surface area contributed by atoms with Crippen LogP contribution >= 0.6 is 0 Å². The van der Waals surface area contributed by atoms with Crippen molar-refractivity contribution in [2.75, 3.05) is 11.9 Å². The monoisotopic (exact) mass is 331 g/mol. The van der Waals surface area contributed by atoms with Gasteiger partial charge in [0.25, 0.3) is 0 Å². The lowest BCUT2D eigenvalue weighted by molar-refractivity contribution is -0.121. The SMILES string of the molecule is CCCCOc1ccc(NC(=O)C2CCC(CCCC)CC2)cc1. The molecule has 1 amide bonds. The van der Waals surface area contributed by atoms with E-state index in [2.05, 4.69) is 19.2 Å². The number of amides is 1. The van der Waals surface area contributed by atoms with Crippen molar-refractivity contribution in [2.24, 2.45) is 11.8 Å². The molecule has 1 aromatic carbocycles. The Bertz CT molecular complexity index is 475. The predicted octanol–water partition coefficient (Wildman–Crippen LogP) is 5.80. The summed E-state index contributed by atoms with van der Waals surface area (Å²) < 4.78 is 5.65. The Balaban J connectivity index is 1.74. The molecule has 0 aromatic heterocycles. The van der Waals surface area contributed by atoms with Crippen LogP contribution in [0.2, 0.25) is 0 Å². The average Bonchev–Trinajstić information content (AvgIpc) is 2.62. The first kappa shape index (κ1) is 18.8. The largest absolute Gasteiger partial charge is 0.494 e. The fourth-order valence-electron chi connectivity index (χ4n) is 3.42. The summed E-state index contributed by atoms with van der Waals surface area (Å²) in [5.41, 5.74) is 0.871. The third-order valence-electron chi connectivity index (χ3n) is 5.07. The van der Waals surface area contributed by atoms with Crippen LogP contribution in [0.25, 0.3) is 0 Å². The molecule has 0 heterocycles. The lowest BCUT2D eigenvalue weighted by Crippen LogP contribution is -2.27. The number of carbonyl (C=O) groups excluding carboxylic acids is 1. The molecule has 0 saturated heterocycles. The lowest BCUT2D eigenvalue weighted by atomic mass is 9.79. The van der Waals surface area contributed by atoms with Crippen molar-refractivity contribution in [2.45, 2.75) is 71.6 Å². The number of benzene rings is 1. The van der Waals surface area contributed by atoms with Gasteiger partial charge in [0, 0.05) is 11.6 Å². The van der Waals surface area contributed by atoms with Gasteiger partial charge < -0.3 is 10.1 Å². The number of rotatable bonds is 9. The second-order valence-corrected chi connectivity index (χ2v) is 7.08. The Hall–Kier alpha value is -1.51. The quantitative estimate of drug-likeness (QED) is 0.581. The Morgan fingerprint density at radius 1 is 1.04 bits per heavy atom. The molecular formula is C21H33NO2. The summed E-state index contributed by atoms with van der Waals surface area (Å²) in [7, 11) is 0. The highest BCUT2D eigenvalue weighted by Gasteiger charge is 2.25. The Morgan fingerprint density at radius 2 is 1.71 bits per heavy atom. The molecule has 24 heavy (non-hydrogen) atoms. The highest BCUT2D eigenvalue weighted by molar-refractivity contribution is 5.92. The van der Waals surface area contributed by atoms with E-state index in [4.69, 9.17) is 4.74 Å². The zero-order chi connectivity index (χ0) is 17.2. The molecule has 134 valence electrons. The highest BCUT2D eigenvalue weighted by Crippen LogP contribution is 2.32. The Morgan fingerprint density at radius 3 is 2.33 bits per heavy atom. The van der Waals surface area contributed by atoms with E-state index in [1.54, 1.807) is 0 Å². The molecule has 3 heteroatoms. The van der Waals surface area contributed by atoms with Gasteiger partial charge in [-0.2, -0.15) is 0 Å². The summed E-state index contributed by atoms with van der Waals surface area (Å²) in [6.45, 7) is 5.15. The van der Waals surface area contributed by atoms with Crippen molar-refractivity contribution in [3.63, 3.8) is 0 Å². The van der Waals surface area contributed by atoms with Crippen LogP contribution in [0.5, 0.6) is 5.75 Å². The van der Waals surface area contributed by atoms with Crippen molar-refractivity contribution in [3.8, 4) is 5.75 Å². The van der Waals surface area contributed by atoms with Gasteiger partial charge in [0.2, 0.25) is 5.91 Å². The fourth-order valence-corrected chi connectivity index (χ4v) is 3.42. The van der Waals surface area contributed by atoms with Crippen molar-refractivity contribution >= 4 is 11.6 Å². The van der Waals surface area contributed by atoms with Gasteiger partial charge in [-0.05, 0) is 62.3 Å². The normalized spacial score (nSPS) is 20.6. The summed E-state index contributed by atoms with van der Waals surface area (Å²) in [5.74, 6) is 2.08. The molecule has 0 bridgehead atoms. The molecule has 0 unspecified atom stereocenters. The molecule has 1 aliphatic carbocycles. The molecule has 0 radical (unpaired) electrons. The van der Waals surface area contributed by atoms with E-state index in [1.165, 1.54) is 32.1 Å². The molecule has 0 atom stereocenters. The molecule has 0 spiro atoms. The highest BCUT2D eigenvalue weighted by atomic mass is 16.5. The summed E-state index contributed by atoms with van der Waals surface area (Å²) in [6, 6.07) is 7.75. The number of hydrogen-bond donors (Lipinski definition) is 1. The summed E-state index contributed by atoms with van der Waals surface area (Å²) in [5, 5.41) is 3.07. The predicted molar refractivity (Wildman–Crippen MR) is 100 cm³/mol. The number of carbonyl (C=O) groups is 1. The van der Waals surface area contributed by atoms with E-state index < -0.39 is 0 Å². The van der Waals surface area contributed by atoms with Crippen LogP contribution in [0.15, 0.2) is 24.3 Å². The van der Waals surface area contributed by atoms with Crippen LogP contribution in [0.4, 0.5) is 5.69 Å². The van der Waals surface area contributed by atoms with Crippen LogP contribution in [0, 0.1) is 11.8 Å². The second kappa shape index (κ2) is 10.4. The van der Waals surface area contributed by atoms with Gasteiger partial charge in [-0.25, -0.2) is 0 Å². The molecule has 1 fully saturated rings. The molecule has 2 rings (SSSR count). The number of hydrogen-bond acceptors (Lipinski definition) is 2. The molecule has 0 aliphatic heterocycles. The maximum absolute atomic E-state index is 12.4. The first-order valence-corrected chi connectivity index (χ1v) is 9.76. The van der Waals surface area contributed by atoms with Gasteiger partial charge in [0.1, 0.15) is 5.75 Å². The fraction of sp³-hybridized carbons (Fsp3) is 0.667. The van der Waals surface area contributed by atoms with E-state index in [0.29, 0.717) is 0 Å². The third kappa shape index (κ3) is 6.18. The van der Waals surface area contributed by atoms with Gasteiger partial charge in [0.05, 0.1) is 6.61 Å². The van der Waals surface area contributed by atoms with Crippen LogP contribution < -0.4 is 10.1 Å². The summed E-state index contributed by atoms with van der Waals surface area (Å²) >= 11 is 0. The van der Waals surface area contributed by atoms with Crippen molar-refractivity contribution in [1.82, 2.24) is 0 Å². The molecular weight excluding hydrogens is 298 g/mol. The first-order valence-electron chi connectivity index (χ1n) is 9.76. The smallest absolute Gasteiger partial charge is 0.227 e. The van der Waals surface area contributed by atoms with Crippen LogP contribution in [0.3, 0.4) is 0 Å². The minimum absolute atomic E-state index is 0.184. The number of anilines is 1. The second-order valence-electron chi connectivity index (χ2n) is 7.08. The van der Waals surface area contributed by atoms with Crippen molar-refractivity contribution < 1.29 is 9.53 Å². The van der Waals surface area contributed by atoms with Crippen LogP contribution in [-0.4, -0.2) is 12.5 Å². The minimum atomic E-state index is 0.184. The Labute approximate surface area is 147 Å². The zero-order valence-electron chi connectivity index (χ0n) is 15.4. The van der Waals surface area contributed by atoms with Gasteiger partial charge in [-0.15, -0.1) is 0 Å². The van der Waals surface area contributed by atoms with E-state index in [-0.39, 0.29) is 11.8 Å². The summed E-state index contributed by atoms with van der Waals surface area (Å²) in [6.07, 6.45) is 10.6. The average molecular weight is 332 g/mol. The molecule has 1 aromatic rings. The number of nitrogens with one attached hydrogen (secondary N) is 1. The van der Waals surface area contributed by atoms with E-state index in [1.807, 2.05) is 24.3 Å². The van der Waals surface area contributed by atoms with Gasteiger partial charge in [-0.1, -0.05) is 39.5 Å².